The molecular weight excluding hydrogens is 300 g/mol. The van der Waals surface area contributed by atoms with Gasteiger partial charge in [-0.3, -0.25) is 9.48 Å². The van der Waals surface area contributed by atoms with Crippen molar-refractivity contribution in [1.82, 2.24) is 20.3 Å². The van der Waals surface area contributed by atoms with Crippen LogP contribution < -0.4 is 5.32 Å². The van der Waals surface area contributed by atoms with Gasteiger partial charge in [-0.1, -0.05) is 5.16 Å². The Balaban J connectivity index is 1.42. The largest absolute Gasteiger partial charge is 0.355 e. The Morgan fingerprint density at radius 2 is 2.36 bits per heavy atom. The summed E-state index contributed by atoms with van der Waals surface area (Å²) in [5, 5.41) is 14.7. The number of aromatic nitrogens is 3. The van der Waals surface area contributed by atoms with Gasteiger partial charge in [0.05, 0.1) is 0 Å². The Hall–Kier alpha value is -2.41. The Morgan fingerprint density at radius 3 is 3.14 bits per heavy atom. The van der Waals surface area contributed by atoms with E-state index in [4.69, 9.17) is 4.52 Å². The quantitative estimate of drug-likeness (QED) is 0.680. The van der Waals surface area contributed by atoms with Crippen molar-refractivity contribution in [2.75, 3.05) is 6.54 Å². The minimum atomic E-state index is -0.204. The monoisotopic (exact) mass is 316 g/mol. The fourth-order valence-electron chi connectivity index (χ4n) is 2.05. The highest BCUT2D eigenvalue weighted by Crippen LogP contribution is 2.22. The fourth-order valence-corrected chi connectivity index (χ4v) is 2.69. The second kappa shape index (κ2) is 7.04. The standard InChI is InChI=1S/C15H16N4O2S/c20-15(16-5-1-2-7-19-8-3-6-17-19)13-10-14(21-18-13)12-4-9-22-11-12/h3-4,6,8-11H,1-2,5,7H2,(H,16,20). The molecule has 0 spiro atoms. The van der Waals surface area contributed by atoms with Gasteiger partial charge in [0.1, 0.15) is 0 Å². The van der Waals surface area contributed by atoms with Crippen molar-refractivity contribution in [3.8, 4) is 11.3 Å². The van der Waals surface area contributed by atoms with Crippen LogP contribution in [-0.4, -0.2) is 27.4 Å². The summed E-state index contributed by atoms with van der Waals surface area (Å²) in [6.45, 7) is 1.47. The first kappa shape index (κ1) is 14.5. The van der Waals surface area contributed by atoms with Crippen molar-refractivity contribution in [3.05, 3.63) is 47.0 Å². The lowest BCUT2D eigenvalue weighted by Gasteiger charge is -2.03. The summed E-state index contributed by atoms with van der Waals surface area (Å²) in [7, 11) is 0. The van der Waals surface area contributed by atoms with Gasteiger partial charge in [0, 0.05) is 42.5 Å². The zero-order chi connectivity index (χ0) is 15.2. The van der Waals surface area contributed by atoms with Gasteiger partial charge in [0.15, 0.2) is 11.5 Å². The zero-order valence-corrected chi connectivity index (χ0v) is 12.8. The maximum absolute atomic E-state index is 12.0. The Kier molecular flexibility index (Phi) is 4.65. The molecule has 0 aliphatic carbocycles. The topological polar surface area (TPSA) is 73.0 Å². The molecule has 3 rings (SSSR count). The third-order valence-electron chi connectivity index (χ3n) is 3.21. The van der Waals surface area contributed by atoms with Gasteiger partial charge in [-0.15, -0.1) is 0 Å². The van der Waals surface area contributed by atoms with E-state index in [0.717, 1.165) is 24.9 Å². The van der Waals surface area contributed by atoms with Gasteiger partial charge in [-0.2, -0.15) is 16.4 Å². The number of unbranched alkanes of at least 4 members (excludes halogenated alkanes) is 1. The summed E-state index contributed by atoms with van der Waals surface area (Å²) in [6.07, 6.45) is 5.54. The van der Waals surface area contributed by atoms with E-state index < -0.39 is 0 Å². The van der Waals surface area contributed by atoms with Gasteiger partial charge in [0.25, 0.3) is 5.91 Å². The number of carbonyl (C=O) groups is 1. The maximum atomic E-state index is 12.0. The number of hydrogen-bond donors (Lipinski definition) is 1. The number of hydrogen-bond acceptors (Lipinski definition) is 5. The lowest BCUT2D eigenvalue weighted by molar-refractivity contribution is 0.0944. The average molecular weight is 316 g/mol. The summed E-state index contributed by atoms with van der Waals surface area (Å²) < 4.78 is 7.07. The molecule has 3 aromatic heterocycles. The molecule has 3 heterocycles. The fraction of sp³-hybridized carbons (Fsp3) is 0.267. The first-order chi connectivity index (χ1) is 10.8. The van der Waals surface area contributed by atoms with E-state index in [1.165, 1.54) is 0 Å². The van der Waals surface area contributed by atoms with E-state index in [1.54, 1.807) is 23.6 Å². The van der Waals surface area contributed by atoms with Gasteiger partial charge >= 0.3 is 0 Å². The highest BCUT2D eigenvalue weighted by molar-refractivity contribution is 7.08. The summed E-state index contributed by atoms with van der Waals surface area (Å²) in [6, 6.07) is 5.50. The smallest absolute Gasteiger partial charge is 0.273 e. The van der Waals surface area contributed by atoms with E-state index in [9.17, 15) is 4.79 Å². The molecule has 0 unspecified atom stereocenters. The summed E-state index contributed by atoms with van der Waals surface area (Å²) in [4.78, 5) is 12.0. The predicted octanol–water partition coefficient (Wildman–Crippen LogP) is 2.81. The van der Waals surface area contributed by atoms with E-state index in [2.05, 4.69) is 15.6 Å². The molecular formula is C15H16N4O2S. The number of nitrogens with zero attached hydrogens (tertiary/aromatic N) is 3. The van der Waals surface area contributed by atoms with Crippen molar-refractivity contribution in [2.24, 2.45) is 0 Å². The summed E-state index contributed by atoms with van der Waals surface area (Å²) >= 11 is 1.57. The molecule has 114 valence electrons. The molecule has 0 saturated heterocycles. The molecule has 0 saturated carbocycles. The minimum absolute atomic E-state index is 0.204. The lowest BCUT2D eigenvalue weighted by Crippen LogP contribution is -2.24. The lowest BCUT2D eigenvalue weighted by atomic mass is 10.2. The molecule has 0 aromatic carbocycles. The number of nitrogens with one attached hydrogen (secondary N) is 1. The van der Waals surface area contributed by atoms with Crippen LogP contribution in [0, 0.1) is 0 Å². The molecule has 1 N–H and O–H groups in total. The second-order valence-corrected chi connectivity index (χ2v) is 5.60. The Bertz CT molecular complexity index is 704. The predicted molar refractivity (Wildman–Crippen MR) is 83.6 cm³/mol. The molecule has 1 amide bonds. The van der Waals surface area contributed by atoms with Crippen molar-refractivity contribution >= 4 is 17.2 Å². The van der Waals surface area contributed by atoms with Gasteiger partial charge in [0.2, 0.25) is 0 Å². The average Bonchev–Trinajstić information content (AvgIpc) is 3.26. The second-order valence-electron chi connectivity index (χ2n) is 4.82. The molecule has 22 heavy (non-hydrogen) atoms. The van der Waals surface area contributed by atoms with Crippen LogP contribution in [0.3, 0.4) is 0 Å². The molecule has 7 heteroatoms. The van der Waals surface area contributed by atoms with Crippen LogP contribution in [-0.2, 0) is 6.54 Å². The van der Waals surface area contributed by atoms with Crippen molar-refractivity contribution in [3.63, 3.8) is 0 Å². The minimum Gasteiger partial charge on any atom is -0.355 e. The summed E-state index contributed by atoms with van der Waals surface area (Å²) in [5.74, 6) is 0.411. The zero-order valence-electron chi connectivity index (χ0n) is 11.9. The van der Waals surface area contributed by atoms with Crippen LogP contribution in [0.5, 0.6) is 0 Å². The van der Waals surface area contributed by atoms with Crippen LogP contribution in [0.2, 0.25) is 0 Å². The van der Waals surface area contributed by atoms with Crippen LogP contribution in [0.15, 0.2) is 45.9 Å². The highest BCUT2D eigenvalue weighted by Gasteiger charge is 2.13. The van der Waals surface area contributed by atoms with Crippen molar-refractivity contribution in [2.45, 2.75) is 19.4 Å². The third-order valence-corrected chi connectivity index (χ3v) is 3.89. The number of rotatable bonds is 7. The molecule has 0 atom stereocenters. The van der Waals surface area contributed by atoms with Gasteiger partial charge in [-0.05, 0) is 30.4 Å². The summed E-state index contributed by atoms with van der Waals surface area (Å²) in [5.41, 5.74) is 1.25. The SMILES string of the molecule is O=C(NCCCCn1cccn1)c1cc(-c2ccsc2)on1. The van der Waals surface area contributed by atoms with E-state index in [0.29, 0.717) is 18.0 Å². The van der Waals surface area contributed by atoms with E-state index >= 15 is 0 Å². The Labute approximate surface area is 131 Å². The number of carbonyl (C=O) groups excluding carboxylic acids is 1. The molecule has 0 bridgehead atoms. The molecule has 0 aliphatic heterocycles. The highest BCUT2D eigenvalue weighted by atomic mass is 32.1. The van der Waals surface area contributed by atoms with E-state index in [-0.39, 0.29) is 5.91 Å². The first-order valence-corrected chi connectivity index (χ1v) is 8.02. The first-order valence-electron chi connectivity index (χ1n) is 7.08. The number of thiophene rings is 1. The number of amides is 1. The maximum Gasteiger partial charge on any atom is 0.273 e. The molecule has 0 fully saturated rings. The van der Waals surface area contributed by atoms with Crippen LogP contribution in [0.25, 0.3) is 11.3 Å². The van der Waals surface area contributed by atoms with Gasteiger partial charge in [-0.25, -0.2) is 0 Å². The van der Waals surface area contributed by atoms with Gasteiger partial charge < -0.3 is 9.84 Å². The molecule has 6 nitrogen and oxygen atoms in total. The van der Waals surface area contributed by atoms with Crippen LogP contribution >= 0.6 is 11.3 Å². The van der Waals surface area contributed by atoms with Crippen LogP contribution in [0.4, 0.5) is 0 Å². The molecule has 0 radical (unpaired) electrons. The van der Waals surface area contributed by atoms with Crippen LogP contribution in [0.1, 0.15) is 23.3 Å². The molecule has 0 aliphatic rings. The number of aryl methyl sites for hydroxylation is 1. The molecule has 3 aromatic rings. The van der Waals surface area contributed by atoms with Crippen molar-refractivity contribution < 1.29 is 9.32 Å². The third kappa shape index (κ3) is 3.62. The van der Waals surface area contributed by atoms with Crippen molar-refractivity contribution in [1.29, 1.82) is 0 Å². The normalized spacial score (nSPS) is 10.7. The Morgan fingerprint density at radius 1 is 1.41 bits per heavy atom. The van der Waals surface area contributed by atoms with E-state index in [1.807, 2.05) is 33.8 Å².